The van der Waals surface area contributed by atoms with Crippen LogP contribution in [0.5, 0.6) is 0 Å². The molecule has 0 aliphatic heterocycles. The van der Waals surface area contributed by atoms with Crippen LogP contribution in [-0.4, -0.2) is 24.5 Å². The summed E-state index contributed by atoms with van der Waals surface area (Å²) in [5.41, 5.74) is 11.9. The Morgan fingerprint density at radius 1 is 0.373 bits per heavy atom. The summed E-state index contributed by atoms with van der Waals surface area (Å²) in [5, 5.41) is 2.24. The highest BCUT2D eigenvalue weighted by Crippen LogP contribution is 2.38. The Hall–Kier alpha value is -7.71. The molecule has 59 heavy (non-hydrogen) atoms. The fourth-order valence-electron chi connectivity index (χ4n) is 7.64. The average Bonchev–Trinajstić information content (AvgIpc) is 3.62. The van der Waals surface area contributed by atoms with Crippen molar-refractivity contribution in [2.24, 2.45) is 0 Å². The second-order valence-corrected chi connectivity index (χ2v) is 14.3. The van der Waals surface area contributed by atoms with Crippen LogP contribution in [0.2, 0.25) is 0 Å². The molecule has 0 atom stereocenters. The van der Waals surface area contributed by atoms with Gasteiger partial charge in [0.2, 0.25) is 0 Å². The minimum atomic E-state index is -4.44. The topological polar surface area (TPSA) is 56.5 Å². The van der Waals surface area contributed by atoms with Gasteiger partial charge in [-0.05, 0) is 96.1 Å². The molecular weight excluding hydrogens is 740 g/mol. The first-order chi connectivity index (χ1) is 28.9. The van der Waals surface area contributed by atoms with E-state index in [2.05, 4.69) is 87.3 Å². The second kappa shape index (κ2) is 14.7. The molecule has 4 aromatic heterocycles. The molecule has 0 spiro atoms. The monoisotopic (exact) mass is 771 g/mol. The van der Waals surface area contributed by atoms with Crippen LogP contribution >= 0.6 is 0 Å². The Labute approximate surface area is 337 Å². The number of benzene rings is 6. The molecule has 0 unspecified atom stereocenters. The number of nitrogens with zero attached hydrogens (tertiary/aromatic N) is 5. The van der Waals surface area contributed by atoms with Crippen LogP contribution in [0.15, 0.2) is 194 Å². The predicted octanol–water partition coefficient (Wildman–Crippen LogP) is 13.4. The van der Waals surface area contributed by atoms with Crippen LogP contribution < -0.4 is 0 Å². The Kier molecular flexibility index (Phi) is 8.87. The molecule has 10 aromatic rings. The number of alkyl halides is 3. The molecule has 0 bridgehead atoms. The maximum Gasteiger partial charge on any atom is 0.416 e. The first kappa shape index (κ1) is 35.7. The van der Waals surface area contributed by atoms with E-state index in [0.29, 0.717) is 22.8 Å². The van der Waals surface area contributed by atoms with Crippen molar-refractivity contribution in [2.45, 2.75) is 6.18 Å². The van der Waals surface area contributed by atoms with E-state index in [0.717, 1.165) is 84.4 Å². The predicted molar refractivity (Wildman–Crippen MR) is 230 cm³/mol. The third kappa shape index (κ3) is 6.91. The molecule has 0 amide bonds. The summed E-state index contributed by atoms with van der Waals surface area (Å²) in [4.78, 5) is 18.9. The second-order valence-electron chi connectivity index (χ2n) is 14.3. The smallest absolute Gasteiger partial charge is 0.309 e. The van der Waals surface area contributed by atoms with E-state index in [9.17, 15) is 13.2 Å². The lowest BCUT2D eigenvalue weighted by molar-refractivity contribution is -0.137. The molecule has 6 aromatic carbocycles. The van der Waals surface area contributed by atoms with Crippen LogP contribution in [0.3, 0.4) is 0 Å². The summed E-state index contributed by atoms with van der Waals surface area (Å²) >= 11 is 0. The first-order valence-corrected chi connectivity index (χ1v) is 19.1. The molecule has 0 radical (unpaired) electrons. The van der Waals surface area contributed by atoms with Gasteiger partial charge >= 0.3 is 6.18 Å². The van der Waals surface area contributed by atoms with Crippen molar-refractivity contribution >= 4 is 21.8 Å². The highest BCUT2D eigenvalue weighted by atomic mass is 19.4. The van der Waals surface area contributed by atoms with Crippen LogP contribution in [0.1, 0.15) is 5.56 Å². The molecule has 4 heterocycles. The summed E-state index contributed by atoms with van der Waals surface area (Å²) in [5.74, 6) is 0.343. The third-order valence-corrected chi connectivity index (χ3v) is 10.6. The standard InChI is InChI=1S/C51H32F3N5/c52-51(53,54)40-21-15-35(16-22-40)50-57-46(34-9-2-1-3-10-34)32-47(58-50)37-12-8-11-36(29-37)33-17-23-41(24-18-33)59-48-25-19-38(44-13-4-6-27-55-44)30-42(48)43-31-39(20-26-49(43)59)45-14-5-7-28-56-45/h1-32H. The quantitative estimate of drug-likeness (QED) is 0.162. The normalized spacial score (nSPS) is 11.6. The molecule has 8 heteroatoms. The molecule has 0 saturated carbocycles. The van der Waals surface area contributed by atoms with Crippen molar-refractivity contribution in [1.82, 2.24) is 24.5 Å². The fourth-order valence-corrected chi connectivity index (χ4v) is 7.64. The van der Waals surface area contributed by atoms with Crippen LogP contribution in [0.25, 0.3) is 95.0 Å². The number of aromatic nitrogens is 5. The largest absolute Gasteiger partial charge is 0.416 e. The number of fused-ring (bicyclic) bond motifs is 3. The van der Waals surface area contributed by atoms with Crippen LogP contribution in [0, 0.1) is 0 Å². The van der Waals surface area contributed by atoms with E-state index < -0.39 is 11.7 Å². The number of hydrogen-bond acceptors (Lipinski definition) is 4. The molecule has 0 N–H and O–H groups in total. The lowest BCUT2D eigenvalue weighted by Gasteiger charge is -2.12. The first-order valence-electron chi connectivity index (χ1n) is 19.1. The number of hydrogen-bond donors (Lipinski definition) is 0. The summed E-state index contributed by atoms with van der Waals surface area (Å²) in [6, 6.07) is 58.2. The van der Waals surface area contributed by atoms with Gasteiger partial charge < -0.3 is 4.57 Å². The molecule has 0 saturated heterocycles. The van der Waals surface area contributed by atoms with Crippen molar-refractivity contribution in [1.29, 1.82) is 0 Å². The van der Waals surface area contributed by atoms with E-state index in [1.54, 1.807) is 0 Å². The highest BCUT2D eigenvalue weighted by molar-refractivity contribution is 6.11. The number of pyridine rings is 2. The van der Waals surface area contributed by atoms with E-state index in [1.165, 1.54) is 12.1 Å². The van der Waals surface area contributed by atoms with Gasteiger partial charge in [0.1, 0.15) is 0 Å². The average molecular weight is 772 g/mol. The fraction of sp³-hybridized carbons (Fsp3) is 0.0196. The summed E-state index contributed by atoms with van der Waals surface area (Å²) in [6.45, 7) is 0. The zero-order valence-corrected chi connectivity index (χ0v) is 31.3. The van der Waals surface area contributed by atoms with Gasteiger partial charge in [0.25, 0.3) is 0 Å². The van der Waals surface area contributed by atoms with E-state index in [1.807, 2.05) is 97.3 Å². The number of halogens is 3. The van der Waals surface area contributed by atoms with Crippen molar-refractivity contribution in [3.63, 3.8) is 0 Å². The Morgan fingerprint density at radius 2 is 0.881 bits per heavy atom. The molecule has 0 aliphatic carbocycles. The van der Waals surface area contributed by atoms with Gasteiger partial charge in [-0.3, -0.25) is 9.97 Å². The zero-order chi connectivity index (χ0) is 39.9. The van der Waals surface area contributed by atoms with Gasteiger partial charge in [-0.15, -0.1) is 0 Å². The maximum absolute atomic E-state index is 13.4. The van der Waals surface area contributed by atoms with Crippen LogP contribution in [-0.2, 0) is 6.18 Å². The van der Waals surface area contributed by atoms with Crippen molar-refractivity contribution < 1.29 is 13.2 Å². The molecule has 10 rings (SSSR count). The van der Waals surface area contributed by atoms with Crippen molar-refractivity contribution in [3.05, 3.63) is 200 Å². The zero-order valence-electron chi connectivity index (χ0n) is 31.3. The molecule has 0 fully saturated rings. The SMILES string of the molecule is FC(F)(F)c1ccc(-c2nc(-c3ccccc3)cc(-c3cccc(-c4ccc(-n5c6ccc(-c7ccccn7)cc6c6cc(-c7ccccn7)ccc65)cc4)c3)n2)cc1. The van der Waals surface area contributed by atoms with Gasteiger partial charge in [-0.25, -0.2) is 9.97 Å². The molecule has 5 nitrogen and oxygen atoms in total. The third-order valence-electron chi connectivity index (χ3n) is 10.6. The Morgan fingerprint density at radius 3 is 1.46 bits per heavy atom. The molecular formula is C51H32F3N5. The molecule has 0 aliphatic rings. The lowest BCUT2D eigenvalue weighted by Crippen LogP contribution is -2.04. The van der Waals surface area contributed by atoms with Gasteiger partial charge in [0, 0.05) is 56.7 Å². The lowest BCUT2D eigenvalue weighted by atomic mass is 10.00. The van der Waals surface area contributed by atoms with Gasteiger partial charge in [0.15, 0.2) is 5.82 Å². The maximum atomic E-state index is 13.4. The molecule has 282 valence electrons. The summed E-state index contributed by atoms with van der Waals surface area (Å²) in [7, 11) is 0. The van der Waals surface area contributed by atoms with E-state index >= 15 is 0 Å². The van der Waals surface area contributed by atoms with Gasteiger partial charge in [0.05, 0.1) is 39.4 Å². The highest BCUT2D eigenvalue weighted by Gasteiger charge is 2.30. The minimum Gasteiger partial charge on any atom is -0.309 e. The summed E-state index contributed by atoms with van der Waals surface area (Å²) < 4.78 is 42.5. The van der Waals surface area contributed by atoms with E-state index in [4.69, 9.17) is 9.97 Å². The number of rotatable bonds is 7. The van der Waals surface area contributed by atoms with Gasteiger partial charge in [-0.2, -0.15) is 13.2 Å². The Bertz CT molecular complexity index is 3010. The minimum absolute atomic E-state index is 0.343. The van der Waals surface area contributed by atoms with Crippen molar-refractivity contribution in [3.8, 4) is 73.2 Å². The summed E-state index contributed by atoms with van der Waals surface area (Å²) in [6.07, 6.45) is -0.807. The van der Waals surface area contributed by atoms with Crippen LogP contribution in [0.4, 0.5) is 13.2 Å². The van der Waals surface area contributed by atoms with Crippen molar-refractivity contribution in [2.75, 3.05) is 0 Å². The van der Waals surface area contributed by atoms with Gasteiger partial charge in [-0.1, -0.05) is 97.1 Å². The Balaban J connectivity index is 1.04. The van der Waals surface area contributed by atoms with E-state index in [-0.39, 0.29) is 0 Å².